The zero-order chi connectivity index (χ0) is 25.6. The first kappa shape index (κ1) is 25.4. The van der Waals surface area contributed by atoms with Gasteiger partial charge in [0, 0.05) is 12.1 Å². The standard InChI is InChI=1S/C22H17F3N4O5S/c23-22(24,25)17-5-4-6-19(13-17)28(35(33,34)20-7-2-1-3-8-20)15-21(30)27-26-14-16-9-11-18(12-10-16)29(31)32/h1-14H,15H2,(H,27,30)/b26-14-. The fourth-order valence-corrected chi connectivity index (χ4v) is 4.33. The molecular weight excluding hydrogens is 489 g/mol. The minimum atomic E-state index is -4.73. The molecule has 3 aromatic rings. The molecule has 0 unspecified atom stereocenters. The second-order valence-electron chi connectivity index (χ2n) is 7.01. The van der Waals surface area contributed by atoms with E-state index in [-0.39, 0.29) is 16.3 Å². The number of nitrogens with one attached hydrogen (secondary N) is 1. The number of benzene rings is 3. The zero-order valence-corrected chi connectivity index (χ0v) is 18.5. The molecule has 0 heterocycles. The average Bonchev–Trinajstić information content (AvgIpc) is 2.83. The molecule has 35 heavy (non-hydrogen) atoms. The van der Waals surface area contributed by atoms with Crippen molar-refractivity contribution in [3.05, 3.63) is 100 Å². The van der Waals surface area contributed by atoms with E-state index in [1.807, 2.05) is 0 Å². The molecule has 0 aliphatic heterocycles. The largest absolute Gasteiger partial charge is 0.416 e. The third kappa shape index (κ3) is 6.41. The van der Waals surface area contributed by atoms with Crippen LogP contribution in [0.1, 0.15) is 11.1 Å². The molecule has 0 atom stereocenters. The van der Waals surface area contributed by atoms with Crippen molar-refractivity contribution < 1.29 is 31.3 Å². The second-order valence-corrected chi connectivity index (χ2v) is 8.88. The first-order chi connectivity index (χ1) is 16.5. The molecule has 0 aliphatic rings. The number of rotatable bonds is 8. The van der Waals surface area contributed by atoms with Crippen molar-refractivity contribution in [3.8, 4) is 0 Å². The first-order valence-electron chi connectivity index (χ1n) is 9.80. The van der Waals surface area contributed by atoms with Crippen molar-refractivity contribution in [1.29, 1.82) is 0 Å². The van der Waals surface area contributed by atoms with Gasteiger partial charge in [-0.1, -0.05) is 24.3 Å². The molecule has 0 aliphatic carbocycles. The van der Waals surface area contributed by atoms with Crippen LogP contribution in [0.2, 0.25) is 0 Å². The lowest BCUT2D eigenvalue weighted by Crippen LogP contribution is -2.39. The molecule has 0 bridgehead atoms. The molecule has 0 fully saturated rings. The summed E-state index contributed by atoms with van der Waals surface area (Å²) in [5.74, 6) is -0.930. The van der Waals surface area contributed by atoms with E-state index in [4.69, 9.17) is 0 Å². The van der Waals surface area contributed by atoms with Crippen LogP contribution in [0.5, 0.6) is 0 Å². The van der Waals surface area contributed by atoms with E-state index in [1.54, 1.807) is 6.07 Å². The Morgan fingerprint density at radius 2 is 1.69 bits per heavy atom. The maximum absolute atomic E-state index is 13.2. The quantitative estimate of drug-likeness (QED) is 0.282. The Bertz CT molecular complexity index is 1350. The van der Waals surface area contributed by atoms with Gasteiger partial charge in [0.25, 0.3) is 21.6 Å². The number of carbonyl (C=O) groups is 1. The molecule has 3 rings (SSSR count). The smallest absolute Gasteiger partial charge is 0.271 e. The highest BCUT2D eigenvalue weighted by Gasteiger charge is 2.33. The van der Waals surface area contributed by atoms with Gasteiger partial charge < -0.3 is 0 Å². The van der Waals surface area contributed by atoms with Crippen LogP contribution in [-0.2, 0) is 21.0 Å². The number of nitro groups is 1. The summed E-state index contributed by atoms with van der Waals surface area (Å²) in [4.78, 5) is 22.4. The molecule has 0 aromatic heterocycles. The SMILES string of the molecule is O=C(CN(c1cccc(C(F)(F)F)c1)S(=O)(=O)c1ccccc1)N/N=C\c1ccc([N+](=O)[O-])cc1. The molecule has 13 heteroatoms. The van der Waals surface area contributed by atoms with E-state index >= 15 is 0 Å². The lowest BCUT2D eigenvalue weighted by molar-refractivity contribution is -0.384. The van der Waals surface area contributed by atoms with E-state index in [1.165, 1.54) is 54.7 Å². The molecule has 3 aromatic carbocycles. The highest BCUT2D eigenvalue weighted by atomic mass is 32.2. The van der Waals surface area contributed by atoms with Gasteiger partial charge in [0.1, 0.15) is 6.54 Å². The Morgan fingerprint density at radius 1 is 1.03 bits per heavy atom. The second kappa shape index (κ2) is 10.3. The van der Waals surface area contributed by atoms with Crippen LogP contribution in [0.4, 0.5) is 24.5 Å². The number of sulfonamides is 1. The number of amides is 1. The number of nitrogens with zero attached hydrogens (tertiary/aromatic N) is 3. The topological polar surface area (TPSA) is 122 Å². The number of halogens is 3. The number of nitro benzene ring substituents is 1. The van der Waals surface area contributed by atoms with Gasteiger partial charge in [-0.2, -0.15) is 18.3 Å². The summed E-state index contributed by atoms with van der Waals surface area (Å²) < 4.78 is 66.5. The highest BCUT2D eigenvalue weighted by molar-refractivity contribution is 7.92. The van der Waals surface area contributed by atoms with E-state index < -0.39 is 39.1 Å². The molecule has 0 saturated carbocycles. The van der Waals surface area contributed by atoms with E-state index in [9.17, 15) is 36.5 Å². The van der Waals surface area contributed by atoms with Crippen molar-refractivity contribution in [2.45, 2.75) is 11.1 Å². The number of anilines is 1. The van der Waals surface area contributed by atoms with Crippen LogP contribution < -0.4 is 9.73 Å². The fraction of sp³-hybridized carbons (Fsp3) is 0.0909. The van der Waals surface area contributed by atoms with Crippen LogP contribution in [0.15, 0.2) is 88.9 Å². The summed E-state index contributed by atoms with van der Waals surface area (Å²) >= 11 is 0. The Labute approximate surface area is 197 Å². The molecular formula is C22H17F3N4O5S. The van der Waals surface area contributed by atoms with Crippen LogP contribution in [0.3, 0.4) is 0 Å². The first-order valence-corrected chi connectivity index (χ1v) is 11.2. The Kier molecular flexibility index (Phi) is 7.49. The summed E-state index contributed by atoms with van der Waals surface area (Å²) in [6, 6.07) is 15.7. The van der Waals surface area contributed by atoms with Gasteiger partial charge in [-0.15, -0.1) is 0 Å². The maximum Gasteiger partial charge on any atom is 0.416 e. The Morgan fingerprint density at radius 3 is 2.29 bits per heavy atom. The van der Waals surface area contributed by atoms with Crippen molar-refractivity contribution in [2.24, 2.45) is 5.10 Å². The van der Waals surface area contributed by atoms with Crippen LogP contribution in [0.25, 0.3) is 0 Å². The highest BCUT2D eigenvalue weighted by Crippen LogP contribution is 2.33. The summed E-state index contributed by atoms with van der Waals surface area (Å²) in [5, 5.41) is 14.4. The summed E-state index contributed by atoms with van der Waals surface area (Å²) in [6.07, 6.45) is -3.56. The summed E-state index contributed by atoms with van der Waals surface area (Å²) in [5.41, 5.74) is 0.920. The predicted molar refractivity (Wildman–Crippen MR) is 121 cm³/mol. The number of hydrogen-bond donors (Lipinski definition) is 1. The van der Waals surface area contributed by atoms with E-state index in [2.05, 4.69) is 10.5 Å². The third-order valence-electron chi connectivity index (χ3n) is 4.59. The Hall–Kier alpha value is -4.26. The number of alkyl halides is 3. The third-order valence-corrected chi connectivity index (χ3v) is 6.37. The predicted octanol–water partition coefficient (Wildman–Crippen LogP) is 3.96. The molecule has 182 valence electrons. The van der Waals surface area contributed by atoms with Gasteiger partial charge in [-0.3, -0.25) is 19.2 Å². The van der Waals surface area contributed by atoms with Gasteiger partial charge in [0.15, 0.2) is 0 Å². The van der Waals surface area contributed by atoms with Crippen molar-refractivity contribution in [2.75, 3.05) is 10.8 Å². The summed E-state index contributed by atoms with van der Waals surface area (Å²) in [6.45, 7) is -0.865. The maximum atomic E-state index is 13.2. The normalized spacial score (nSPS) is 11.9. The minimum absolute atomic E-state index is 0.144. The van der Waals surface area contributed by atoms with Gasteiger partial charge in [0.2, 0.25) is 0 Å². The number of carbonyl (C=O) groups excluding carboxylic acids is 1. The van der Waals surface area contributed by atoms with Gasteiger partial charge in [-0.25, -0.2) is 13.8 Å². The van der Waals surface area contributed by atoms with Crippen LogP contribution in [0, 0.1) is 10.1 Å². The van der Waals surface area contributed by atoms with Crippen LogP contribution >= 0.6 is 0 Å². The number of non-ortho nitro benzene ring substituents is 1. The van der Waals surface area contributed by atoms with Gasteiger partial charge in [-0.05, 0) is 48.0 Å². The zero-order valence-electron chi connectivity index (χ0n) is 17.7. The Balaban J connectivity index is 1.86. The van der Waals surface area contributed by atoms with Crippen molar-refractivity contribution in [3.63, 3.8) is 0 Å². The molecule has 0 radical (unpaired) electrons. The fourth-order valence-electron chi connectivity index (χ4n) is 2.90. The minimum Gasteiger partial charge on any atom is -0.271 e. The number of hydrogen-bond acceptors (Lipinski definition) is 6. The number of hydrazone groups is 1. The van der Waals surface area contributed by atoms with E-state index in [0.29, 0.717) is 15.9 Å². The summed E-state index contributed by atoms with van der Waals surface area (Å²) in [7, 11) is -4.41. The molecule has 0 spiro atoms. The van der Waals surface area contributed by atoms with Crippen molar-refractivity contribution in [1.82, 2.24) is 5.43 Å². The van der Waals surface area contributed by atoms with Gasteiger partial charge in [0.05, 0.1) is 27.3 Å². The van der Waals surface area contributed by atoms with Gasteiger partial charge >= 0.3 is 6.18 Å². The molecule has 1 amide bonds. The average molecular weight is 506 g/mol. The van der Waals surface area contributed by atoms with E-state index in [0.717, 1.165) is 18.2 Å². The van der Waals surface area contributed by atoms with Crippen molar-refractivity contribution >= 4 is 33.5 Å². The monoisotopic (exact) mass is 506 g/mol. The van der Waals surface area contributed by atoms with Crippen LogP contribution in [-0.4, -0.2) is 32.0 Å². The lowest BCUT2D eigenvalue weighted by atomic mass is 10.2. The molecule has 1 N–H and O–H groups in total. The molecule has 9 nitrogen and oxygen atoms in total. The molecule has 0 saturated heterocycles. The lowest BCUT2D eigenvalue weighted by Gasteiger charge is -2.24.